The van der Waals surface area contributed by atoms with E-state index in [9.17, 15) is 74.4 Å². The maximum Gasteiger partial charge on any atom is 0.251 e. The van der Waals surface area contributed by atoms with E-state index in [-0.39, 0.29) is 23.4 Å². The van der Waals surface area contributed by atoms with Crippen molar-refractivity contribution in [1.29, 1.82) is 0 Å². The Hall–Kier alpha value is -7.55. The van der Waals surface area contributed by atoms with Gasteiger partial charge in [0.2, 0.25) is 35.4 Å². The number of carbonyl (C=O) groups is 7. The van der Waals surface area contributed by atoms with Crippen LogP contribution in [0.25, 0.3) is 22.3 Å². The van der Waals surface area contributed by atoms with E-state index in [0.717, 1.165) is 78.0 Å². The van der Waals surface area contributed by atoms with Gasteiger partial charge < -0.3 is 86.7 Å². The average molecular weight is 1150 g/mol. The van der Waals surface area contributed by atoms with Crippen LogP contribution >= 0.6 is 0 Å². The van der Waals surface area contributed by atoms with Crippen LogP contribution in [0.2, 0.25) is 0 Å². The standard InChI is InChI=1S/C59H75N7O17/c1-6-7-8-25-83-41-23-19-36(20-24-41)34-11-9-33(10-12-34)35-13-15-38(16-14-35)52(75)60-42-27-44(71)57(82-5)64-56(79)48-49(72)30(2)28-66(48)59(81)46(32(4)68)62-55(78)47(51(74)50(73)37-17-21-39(69)22-18-37)63-54(77)43-26-40(70)29-65(43)58(80)45(31(3)67)61-53(42)76/h9-24,30-32,40,42-51,57,67-74H,6-8,25-29H2,1-5H3,(H,60,75)(H,61,76)(H,62,78)(H,63,77)(H,64,79)/t30-,31+,32+,40+,42-,43-,44+,45-,46-,47-,48-,49-,50-,51-,57+/m0/s1. The first kappa shape index (κ1) is 63.0. The molecule has 4 aromatic carbocycles. The molecule has 24 nitrogen and oxygen atoms in total. The highest BCUT2D eigenvalue weighted by molar-refractivity contribution is 6.00. The molecular formula is C59H75N7O17. The van der Waals surface area contributed by atoms with Crippen molar-refractivity contribution in [2.45, 2.75) is 145 Å². The van der Waals surface area contributed by atoms with Gasteiger partial charge in [-0.15, -0.1) is 0 Å². The fraction of sp³-hybridized carbons (Fsp3) is 0.475. The highest BCUT2D eigenvalue weighted by atomic mass is 16.5. The molecule has 0 bridgehead atoms. The fourth-order valence-corrected chi connectivity index (χ4v) is 10.4. The summed E-state index contributed by atoms with van der Waals surface area (Å²) in [5.41, 5.74) is 3.47. The Morgan fingerprint density at radius 2 is 1.18 bits per heavy atom. The third-order valence-corrected chi connectivity index (χ3v) is 15.3. The van der Waals surface area contributed by atoms with Crippen LogP contribution < -0.4 is 31.3 Å². The number of rotatable bonds is 15. The summed E-state index contributed by atoms with van der Waals surface area (Å²) in [6.07, 6.45) is -12.5. The van der Waals surface area contributed by atoms with Crippen LogP contribution in [0.5, 0.6) is 11.5 Å². The van der Waals surface area contributed by atoms with E-state index in [0.29, 0.717) is 6.61 Å². The molecule has 0 spiro atoms. The Labute approximate surface area is 479 Å². The SMILES string of the molecule is CCCCCOc1ccc(-c2ccc(-c3ccc(C(=O)N[C@H]4C[C@@H](O)[C@@H](OC)NC(=O)[C@@H]5[C@@H](O)[C@@H](C)CN5C(=O)[C@H]([C@@H](C)O)NC(=O)[C@H]([C@H](O)[C@@H](O)c5ccc(O)cc5)NC(=O)[C@@H]5C[C@@H](O)CN5C(=O)[C@H]([C@@H](C)O)NC4=O)cc3)cc2)cc1. The molecule has 15 atom stereocenters. The average Bonchev–Trinajstić information content (AvgIpc) is 4.24. The number of aliphatic hydroxyl groups is 7. The van der Waals surface area contributed by atoms with Gasteiger partial charge in [-0.05, 0) is 84.5 Å². The molecule has 0 saturated carbocycles. The fourth-order valence-electron chi connectivity index (χ4n) is 10.4. The molecule has 3 fully saturated rings. The van der Waals surface area contributed by atoms with Crippen LogP contribution in [0, 0.1) is 5.92 Å². The van der Waals surface area contributed by atoms with Gasteiger partial charge in [-0.1, -0.05) is 87.4 Å². The van der Waals surface area contributed by atoms with Crippen LogP contribution in [0.4, 0.5) is 0 Å². The van der Waals surface area contributed by atoms with Gasteiger partial charge in [0.05, 0.1) is 31.0 Å². The summed E-state index contributed by atoms with van der Waals surface area (Å²) in [6, 6.07) is 15.2. The van der Waals surface area contributed by atoms with Gasteiger partial charge in [0.25, 0.3) is 5.91 Å². The zero-order valence-corrected chi connectivity index (χ0v) is 46.7. The first-order valence-corrected chi connectivity index (χ1v) is 27.7. The van der Waals surface area contributed by atoms with E-state index < -0.39 is 152 Å². The highest BCUT2D eigenvalue weighted by Crippen LogP contribution is 2.30. The van der Waals surface area contributed by atoms with Crippen LogP contribution in [-0.2, 0) is 33.5 Å². The molecule has 3 heterocycles. The quantitative estimate of drug-likeness (QED) is 0.0681. The minimum absolute atomic E-state index is 0.0447. The second-order valence-corrected chi connectivity index (χ2v) is 21.5. The van der Waals surface area contributed by atoms with Crippen molar-refractivity contribution in [2.75, 3.05) is 26.8 Å². The molecule has 3 aliphatic rings. The van der Waals surface area contributed by atoms with Crippen molar-refractivity contribution < 1.29 is 83.9 Å². The number of hydrogen-bond donors (Lipinski definition) is 13. The smallest absolute Gasteiger partial charge is 0.251 e. The summed E-state index contributed by atoms with van der Waals surface area (Å²) in [6.45, 7) is 5.63. The maximum absolute atomic E-state index is 14.5. The highest BCUT2D eigenvalue weighted by Gasteiger charge is 2.50. The summed E-state index contributed by atoms with van der Waals surface area (Å²) < 4.78 is 11.3. The van der Waals surface area contributed by atoms with Crippen LogP contribution in [0.3, 0.4) is 0 Å². The summed E-state index contributed by atoms with van der Waals surface area (Å²) in [5, 5.41) is 101. The largest absolute Gasteiger partial charge is 0.508 e. The lowest BCUT2D eigenvalue weighted by Gasteiger charge is -2.34. The summed E-state index contributed by atoms with van der Waals surface area (Å²) in [4.78, 5) is 102. The molecule has 0 radical (unpaired) electrons. The van der Waals surface area contributed by atoms with E-state index >= 15 is 0 Å². The first-order chi connectivity index (χ1) is 39.5. The summed E-state index contributed by atoms with van der Waals surface area (Å²) in [7, 11) is 1.08. The number of fused-ring (bicyclic) bond motifs is 2. The van der Waals surface area contributed by atoms with Crippen LogP contribution in [0.1, 0.15) is 81.8 Å². The number of nitrogens with zero attached hydrogens (tertiary/aromatic N) is 2. The van der Waals surface area contributed by atoms with Gasteiger partial charge in [-0.3, -0.25) is 33.6 Å². The van der Waals surface area contributed by atoms with E-state index in [2.05, 4.69) is 33.5 Å². The first-order valence-electron chi connectivity index (χ1n) is 27.7. The topological polar surface area (TPSA) is 366 Å². The van der Waals surface area contributed by atoms with E-state index in [1.165, 1.54) is 43.3 Å². The van der Waals surface area contributed by atoms with Gasteiger partial charge in [0, 0.05) is 44.5 Å². The van der Waals surface area contributed by atoms with E-state index in [1.807, 2.05) is 48.5 Å². The Morgan fingerprint density at radius 3 is 1.73 bits per heavy atom. The van der Waals surface area contributed by atoms with E-state index in [4.69, 9.17) is 9.47 Å². The number of benzene rings is 4. The number of hydrogen-bond acceptors (Lipinski definition) is 17. The molecule has 0 unspecified atom stereocenters. The van der Waals surface area contributed by atoms with Crippen molar-refractivity contribution in [3.05, 3.63) is 108 Å². The molecule has 13 N–H and O–H groups in total. The molecule has 7 rings (SSSR count). The number of phenols is 1. The number of ether oxygens (including phenoxy) is 2. The molecule has 4 aromatic rings. The molecule has 0 aromatic heterocycles. The summed E-state index contributed by atoms with van der Waals surface area (Å²) in [5.74, 6) is -8.26. The van der Waals surface area contributed by atoms with Crippen molar-refractivity contribution in [2.24, 2.45) is 5.92 Å². The number of phenolic OH excluding ortho intramolecular Hbond substituents is 1. The molecule has 3 saturated heterocycles. The second-order valence-electron chi connectivity index (χ2n) is 21.5. The molecule has 3 aliphatic heterocycles. The number of amides is 7. The molecular weight excluding hydrogens is 1080 g/mol. The van der Waals surface area contributed by atoms with Gasteiger partial charge in [-0.25, -0.2) is 0 Å². The van der Waals surface area contributed by atoms with Gasteiger partial charge in [0.1, 0.15) is 66.1 Å². The second kappa shape index (κ2) is 28.1. The number of aromatic hydroxyl groups is 1. The Kier molecular flexibility index (Phi) is 21.4. The van der Waals surface area contributed by atoms with E-state index in [1.54, 1.807) is 12.1 Å². The predicted molar refractivity (Wildman–Crippen MR) is 298 cm³/mol. The number of unbranched alkanes of at least 4 members (excludes halogenated alkanes) is 2. The zero-order chi connectivity index (χ0) is 60.4. The third-order valence-electron chi connectivity index (χ3n) is 15.3. The van der Waals surface area contributed by atoms with Crippen molar-refractivity contribution in [3.8, 4) is 33.8 Å². The lowest BCUT2D eigenvalue weighted by molar-refractivity contribution is -0.149. The predicted octanol–water partition coefficient (Wildman–Crippen LogP) is -0.273. The molecule has 0 aliphatic carbocycles. The Balaban J connectivity index is 1.19. The van der Waals surface area contributed by atoms with Crippen LogP contribution in [0.15, 0.2) is 97.1 Å². The van der Waals surface area contributed by atoms with Crippen molar-refractivity contribution in [3.63, 3.8) is 0 Å². The van der Waals surface area contributed by atoms with Gasteiger partial charge in [0.15, 0.2) is 6.23 Å². The number of carbonyl (C=O) groups excluding carboxylic acids is 7. The van der Waals surface area contributed by atoms with Gasteiger partial charge >= 0.3 is 0 Å². The normalized spacial score (nSPS) is 27.3. The Morgan fingerprint density at radius 1 is 0.651 bits per heavy atom. The lowest BCUT2D eigenvalue weighted by atomic mass is 9.96. The molecule has 83 heavy (non-hydrogen) atoms. The zero-order valence-electron chi connectivity index (χ0n) is 46.7. The van der Waals surface area contributed by atoms with Crippen molar-refractivity contribution >= 4 is 41.4 Å². The number of methoxy groups -OCH3 is 1. The Bertz CT molecular complexity index is 2890. The maximum atomic E-state index is 14.5. The van der Waals surface area contributed by atoms with Crippen LogP contribution in [-0.4, -0.2) is 198 Å². The minimum Gasteiger partial charge on any atom is -0.508 e. The molecule has 24 heteroatoms. The molecule has 7 amide bonds. The minimum atomic E-state index is -2.28. The number of nitrogens with one attached hydrogen (secondary N) is 5. The lowest BCUT2D eigenvalue weighted by Crippen LogP contribution is -2.64. The summed E-state index contributed by atoms with van der Waals surface area (Å²) >= 11 is 0. The van der Waals surface area contributed by atoms with Gasteiger partial charge in [-0.2, -0.15) is 0 Å². The third kappa shape index (κ3) is 15.2. The molecule has 448 valence electrons. The monoisotopic (exact) mass is 1150 g/mol. The number of aliphatic hydroxyl groups excluding tert-OH is 7. The van der Waals surface area contributed by atoms with Crippen molar-refractivity contribution in [1.82, 2.24) is 36.4 Å².